The number of ether oxygens (including phenoxy) is 1. The van der Waals surface area contributed by atoms with Crippen molar-refractivity contribution in [2.45, 2.75) is 6.36 Å². The molecule has 4 rings (SSSR count). The van der Waals surface area contributed by atoms with Gasteiger partial charge in [-0.2, -0.15) is 0 Å². The van der Waals surface area contributed by atoms with Gasteiger partial charge in [0, 0.05) is 32.2 Å². The fourth-order valence-corrected chi connectivity index (χ4v) is 2.80. The molecule has 0 radical (unpaired) electrons. The average Bonchev–Trinajstić information content (AvgIpc) is 3.03. The van der Waals surface area contributed by atoms with Crippen LogP contribution in [-0.2, 0) is 0 Å². The molecule has 126 valence electrons. The van der Waals surface area contributed by atoms with Crippen molar-refractivity contribution in [3.8, 4) is 5.75 Å². The van der Waals surface area contributed by atoms with Gasteiger partial charge in [-0.25, -0.2) is 4.98 Å². The molecule has 1 aliphatic heterocycles. The van der Waals surface area contributed by atoms with E-state index in [4.69, 9.17) is 0 Å². The average molecular weight is 338 g/mol. The highest BCUT2D eigenvalue weighted by molar-refractivity contribution is 5.84. The first-order valence-corrected chi connectivity index (χ1v) is 7.36. The zero-order chi connectivity index (χ0) is 16.7. The minimum atomic E-state index is -4.74. The fraction of sp³-hybridized carbons (Fsp3) is 0.357. The van der Waals surface area contributed by atoms with Gasteiger partial charge in [-0.3, -0.25) is 4.40 Å². The van der Waals surface area contributed by atoms with Crippen LogP contribution < -0.4 is 15.0 Å². The predicted octanol–water partition coefficient (Wildman–Crippen LogP) is 1.59. The van der Waals surface area contributed by atoms with Gasteiger partial charge in [-0.1, -0.05) is 0 Å². The maximum atomic E-state index is 12.4. The molecular formula is C14H13F3N6O. The van der Waals surface area contributed by atoms with Crippen LogP contribution in [-0.4, -0.2) is 52.1 Å². The second-order valence-corrected chi connectivity index (χ2v) is 5.40. The summed E-state index contributed by atoms with van der Waals surface area (Å²) in [6.07, 6.45) is -3.28. The Morgan fingerprint density at radius 2 is 1.96 bits per heavy atom. The highest BCUT2D eigenvalue weighted by atomic mass is 19.4. The zero-order valence-corrected chi connectivity index (χ0v) is 12.4. The van der Waals surface area contributed by atoms with E-state index in [0.29, 0.717) is 22.5 Å². The van der Waals surface area contributed by atoms with Gasteiger partial charge in [0.25, 0.3) is 0 Å². The molecule has 1 aromatic carbocycles. The van der Waals surface area contributed by atoms with E-state index in [2.05, 4.69) is 30.1 Å². The third-order valence-corrected chi connectivity index (χ3v) is 3.83. The molecule has 0 amide bonds. The molecule has 1 N–H and O–H groups in total. The molecule has 1 saturated heterocycles. The van der Waals surface area contributed by atoms with E-state index in [1.807, 2.05) is 0 Å². The van der Waals surface area contributed by atoms with Crippen molar-refractivity contribution in [2.24, 2.45) is 0 Å². The SMILES string of the molecule is FC(F)(F)Oc1ccc2nc(N3CCNCC3)c3nncn3c2c1. The number of nitrogens with one attached hydrogen (secondary N) is 1. The summed E-state index contributed by atoms with van der Waals surface area (Å²) in [6, 6.07) is 4.04. The number of piperazine rings is 1. The maximum Gasteiger partial charge on any atom is 0.573 e. The summed E-state index contributed by atoms with van der Waals surface area (Å²) in [7, 11) is 0. The number of alkyl halides is 3. The Kier molecular flexibility index (Phi) is 3.41. The van der Waals surface area contributed by atoms with Crippen molar-refractivity contribution >= 4 is 22.5 Å². The van der Waals surface area contributed by atoms with Crippen molar-refractivity contribution in [3.05, 3.63) is 24.5 Å². The first kappa shape index (κ1) is 14.9. The Bertz CT molecular complexity index is 887. The summed E-state index contributed by atoms with van der Waals surface area (Å²) in [4.78, 5) is 6.66. The number of nitrogens with zero attached hydrogens (tertiary/aromatic N) is 5. The van der Waals surface area contributed by atoms with Crippen LogP contribution in [0.5, 0.6) is 5.75 Å². The van der Waals surface area contributed by atoms with Gasteiger partial charge in [-0.05, 0) is 12.1 Å². The van der Waals surface area contributed by atoms with Crippen LogP contribution in [0.3, 0.4) is 0 Å². The molecule has 7 nitrogen and oxygen atoms in total. The van der Waals surface area contributed by atoms with Crippen LogP contribution >= 0.6 is 0 Å². The Labute approximate surface area is 134 Å². The second kappa shape index (κ2) is 5.48. The van der Waals surface area contributed by atoms with Crippen LogP contribution in [0.25, 0.3) is 16.7 Å². The topological polar surface area (TPSA) is 67.6 Å². The first-order valence-electron chi connectivity index (χ1n) is 7.36. The van der Waals surface area contributed by atoms with E-state index in [1.54, 1.807) is 4.40 Å². The molecule has 0 aliphatic carbocycles. The number of halogens is 3. The normalized spacial score (nSPS) is 16.0. The molecule has 0 saturated carbocycles. The zero-order valence-electron chi connectivity index (χ0n) is 12.4. The van der Waals surface area contributed by atoms with Crippen LogP contribution in [0.2, 0.25) is 0 Å². The molecule has 24 heavy (non-hydrogen) atoms. The second-order valence-electron chi connectivity index (χ2n) is 5.40. The van der Waals surface area contributed by atoms with Gasteiger partial charge in [0.2, 0.25) is 5.65 Å². The smallest absolute Gasteiger partial charge is 0.406 e. The third kappa shape index (κ3) is 2.68. The van der Waals surface area contributed by atoms with E-state index < -0.39 is 6.36 Å². The Morgan fingerprint density at radius 3 is 2.71 bits per heavy atom. The molecule has 3 heterocycles. The largest absolute Gasteiger partial charge is 0.573 e. The van der Waals surface area contributed by atoms with Gasteiger partial charge in [0.15, 0.2) is 5.82 Å². The molecule has 1 fully saturated rings. The number of anilines is 1. The Balaban J connectivity index is 1.85. The molecule has 0 spiro atoms. The summed E-state index contributed by atoms with van der Waals surface area (Å²) in [5, 5.41) is 11.2. The lowest BCUT2D eigenvalue weighted by atomic mass is 10.2. The fourth-order valence-electron chi connectivity index (χ4n) is 2.80. The number of hydrogen-bond donors (Lipinski definition) is 1. The number of aromatic nitrogens is 4. The standard InChI is InChI=1S/C14H13F3N6O/c15-14(16,17)24-9-1-2-10-11(7-9)23-8-19-21-13(23)12(20-10)22-5-3-18-4-6-22/h1-2,7-8,18H,3-6H2. The van der Waals surface area contributed by atoms with Crippen LogP contribution in [0.4, 0.5) is 19.0 Å². The van der Waals surface area contributed by atoms with Crippen molar-refractivity contribution in [3.63, 3.8) is 0 Å². The van der Waals surface area contributed by atoms with Gasteiger partial charge in [0.1, 0.15) is 12.1 Å². The molecule has 2 aromatic heterocycles. The molecule has 0 atom stereocenters. The van der Waals surface area contributed by atoms with Crippen molar-refractivity contribution < 1.29 is 17.9 Å². The minimum absolute atomic E-state index is 0.304. The van der Waals surface area contributed by atoms with E-state index >= 15 is 0 Å². The predicted molar refractivity (Wildman–Crippen MR) is 80.1 cm³/mol. The highest BCUT2D eigenvalue weighted by Gasteiger charge is 2.31. The first-order chi connectivity index (χ1) is 11.5. The molecule has 3 aromatic rings. The lowest BCUT2D eigenvalue weighted by Crippen LogP contribution is -2.44. The lowest BCUT2D eigenvalue weighted by molar-refractivity contribution is -0.274. The Hall–Kier alpha value is -2.62. The molecule has 10 heteroatoms. The van der Waals surface area contributed by atoms with Gasteiger partial charge < -0.3 is 15.0 Å². The van der Waals surface area contributed by atoms with Crippen molar-refractivity contribution in [1.82, 2.24) is 24.9 Å². The summed E-state index contributed by atoms with van der Waals surface area (Å²) >= 11 is 0. The third-order valence-electron chi connectivity index (χ3n) is 3.83. The molecule has 1 aliphatic rings. The van der Waals surface area contributed by atoms with E-state index in [9.17, 15) is 13.2 Å². The summed E-state index contributed by atoms with van der Waals surface area (Å²) < 4.78 is 42.9. The monoisotopic (exact) mass is 338 g/mol. The summed E-state index contributed by atoms with van der Waals surface area (Å²) in [5.41, 5.74) is 1.51. The molecule has 0 bridgehead atoms. The quantitative estimate of drug-likeness (QED) is 0.765. The van der Waals surface area contributed by atoms with Crippen molar-refractivity contribution in [2.75, 3.05) is 31.1 Å². The van der Waals surface area contributed by atoms with Crippen molar-refractivity contribution in [1.29, 1.82) is 0 Å². The molecular weight excluding hydrogens is 325 g/mol. The van der Waals surface area contributed by atoms with E-state index in [0.717, 1.165) is 26.2 Å². The lowest BCUT2D eigenvalue weighted by Gasteiger charge is -2.28. The number of hydrogen-bond acceptors (Lipinski definition) is 6. The summed E-state index contributed by atoms with van der Waals surface area (Å²) in [6.45, 7) is 3.21. The van der Waals surface area contributed by atoms with Crippen LogP contribution in [0, 0.1) is 0 Å². The number of rotatable bonds is 2. The van der Waals surface area contributed by atoms with Gasteiger partial charge in [0.05, 0.1) is 11.0 Å². The van der Waals surface area contributed by atoms with Gasteiger partial charge in [-0.15, -0.1) is 23.4 Å². The Morgan fingerprint density at radius 1 is 1.17 bits per heavy atom. The van der Waals surface area contributed by atoms with E-state index in [1.165, 1.54) is 24.5 Å². The number of fused-ring (bicyclic) bond motifs is 3. The van der Waals surface area contributed by atoms with Crippen LogP contribution in [0.15, 0.2) is 24.5 Å². The molecule has 0 unspecified atom stereocenters. The minimum Gasteiger partial charge on any atom is -0.406 e. The highest BCUT2D eigenvalue weighted by Crippen LogP contribution is 2.29. The number of benzene rings is 1. The van der Waals surface area contributed by atoms with Gasteiger partial charge >= 0.3 is 6.36 Å². The van der Waals surface area contributed by atoms with E-state index in [-0.39, 0.29) is 5.75 Å². The van der Waals surface area contributed by atoms with Crippen LogP contribution in [0.1, 0.15) is 0 Å². The summed E-state index contributed by atoms with van der Waals surface area (Å²) in [5.74, 6) is 0.368. The maximum absolute atomic E-state index is 12.4.